The third-order valence-electron chi connectivity index (χ3n) is 5.54. The first-order chi connectivity index (χ1) is 13.2. The van der Waals surface area contributed by atoms with Gasteiger partial charge in [-0.1, -0.05) is 6.07 Å². The van der Waals surface area contributed by atoms with Gasteiger partial charge in [0.2, 0.25) is 6.79 Å². The van der Waals surface area contributed by atoms with Gasteiger partial charge in [-0.2, -0.15) is 0 Å². The SMILES string of the molecule is O=C(COc1ccc2c(c1)OCO2)N1C[C@H]2C[C@@H](C1)c1cccc(=O)n1C2. The Bertz CT molecular complexity index is 954. The van der Waals surface area contributed by atoms with Crippen LogP contribution >= 0.6 is 0 Å². The molecule has 3 aliphatic rings. The number of nitrogens with zero attached hydrogens (tertiary/aromatic N) is 2. The van der Waals surface area contributed by atoms with Crippen LogP contribution in [0.2, 0.25) is 0 Å². The minimum absolute atomic E-state index is 0.0132. The standard InChI is InChI=1S/C20H20N2O5/c23-19-3-1-2-16-14-6-13(9-22(16)19)8-21(10-14)20(24)11-25-15-4-5-17-18(7-15)27-12-26-17/h1-5,7,13-14H,6,8-12H2/t13-,14+/m1/s1. The molecule has 5 rings (SSSR count). The Hall–Kier alpha value is -2.96. The van der Waals surface area contributed by atoms with Crippen LogP contribution in [0.5, 0.6) is 17.2 Å². The van der Waals surface area contributed by atoms with Crippen molar-refractivity contribution in [3.05, 3.63) is 52.4 Å². The van der Waals surface area contributed by atoms with Crippen molar-refractivity contribution in [2.75, 3.05) is 26.5 Å². The van der Waals surface area contributed by atoms with Gasteiger partial charge in [0.15, 0.2) is 18.1 Å². The van der Waals surface area contributed by atoms with Gasteiger partial charge in [-0.05, 0) is 30.5 Å². The number of hydrogen-bond donors (Lipinski definition) is 0. The molecule has 1 amide bonds. The van der Waals surface area contributed by atoms with Gasteiger partial charge >= 0.3 is 0 Å². The molecule has 4 heterocycles. The number of aromatic nitrogens is 1. The first-order valence-electron chi connectivity index (χ1n) is 9.17. The van der Waals surface area contributed by atoms with Crippen molar-refractivity contribution in [2.24, 2.45) is 5.92 Å². The molecule has 2 atom stereocenters. The van der Waals surface area contributed by atoms with Gasteiger partial charge in [-0.3, -0.25) is 9.59 Å². The van der Waals surface area contributed by atoms with E-state index in [1.54, 1.807) is 30.3 Å². The number of ether oxygens (including phenoxy) is 3. The Morgan fingerprint density at radius 2 is 2.00 bits per heavy atom. The van der Waals surface area contributed by atoms with Crippen LogP contribution in [-0.4, -0.2) is 41.9 Å². The topological polar surface area (TPSA) is 70.0 Å². The number of pyridine rings is 1. The molecule has 140 valence electrons. The Labute approximate surface area is 156 Å². The van der Waals surface area contributed by atoms with Gasteiger partial charge in [0, 0.05) is 43.4 Å². The number of piperidine rings is 1. The third kappa shape index (κ3) is 2.93. The van der Waals surface area contributed by atoms with Gasteiger partial charge in [-0.15, -0.1) is 0 Å². The van der Waals surface area contributed by atoms with Gasteiger partial charge in [0.05, 0.1) is 0 Å². The largest absolute Gasteiger partial charge is 0.484 e. The molecule has 1 aromatic heterocycles. The highest BCUT2D eigenvalue weighted by Crippen LogP contribution is 2.36. The molecule has 0 radical (unpaired) electrons. The average Bonchev–Trinajstić information content (AvgIpc) is 3.14. The Balaban J connectivity index is 1.26. The number of rotatable bonds is 3. The van der Waals surface area contributed by atoms with E-state index in [2.05, 4.69) is 0 Å². The molecule has 2 bridgehead atoms. The number of hydrogen-bond acceptors (Lipinski definition) is 5. The minimum atomic E-state index is -0.0332. The molecule has 1 saturated heterocycles. The number of carbonyl (C=O) groups is 1. The molecule has 7 heteroatoms. The molecule has 0 saturated carbocycles. The monoisotopic (exact) mass is 368 g/mol. The van der Waals surface area contributed by atoms with Crippen molar-refractivity contribution in [1.82, 2.24) is 9.47 Å². The summed E-state index contributed by atoms with van der Waals surface area (Å²) in [5, 5.41) is 0. The van der Waals surface area contributed by atoms with E-state index in [1.807, 2.05) is 15.5 Å². The Kier molecular flexibility index (Phi) is 3.81. The highest BCUT2D eigenvalue weighted by Gasteiger charge is 2.36. The zero-order valence-corrected chi connectivity index (χ0v) is 14.8. The third-order valence-corrected chi connectivity index (χ3v) is 5.54. The maximum atomic E-state index is 12.7. The maximum absolute atomic E-state index is 12.7. The minimum Gasteiger partial charge on any atom is -0.484 e. The van der Waals surface area contributed by atoms with Gasteiger partial charge < -0.3 is 23.7 Å². The van der Waals surface area contributed by atoms with Crippen LogP contribution in [0, 0.1) is 5.92 Å². The van der Waals surface area contributed by atoms with E-state index in [9.17, 15) is 9.59 Å². The van der Waals surface area contributed by atoms with Crippen molar-refractivity contribution >= 4 is 5.91 Å². The molecule has 2 aromatic rings. The van der Waals surface area contributed by atoms with Crippen molar-refractivity contribution in [2.45, 2.75) is 18.9 Å². The fraction of sp³-hybridized carbons (Fsp3) is 0.400. The number of amides is 1. The van der Waals surface area contributed by atoms with Crippen LogP contribution in [0.25, 0.3) is 0 Å². The van der Waals surface area contributed by atoms with Crippen molar-refractivity contribution in [1.29, 1.82) is 0 Å². The first kappa shape index (κ1) is 16.2. The van der Waals surface area contributed by atoms with E-state index in [4.69, 9.17) is 14.2 Å². The van der Waals surface area contributed by atoms with Crippen LogP contribution < -0.4 is 19.8 Å². The molecule has 0 aliphatic carbocycles. The second-order valence-corrected chi connectivity index (χ2v) is 7.30. The zero-order valence-electron chi connectivity index (χ0n) is 14.8. The molecular formula is C20H20N2O5. The van der Waals surface area contributed by atoms with Crippen molar-refractivity contribution < 1.29 is 19.0 Å². The number of fused-ring (bicyclic) bond motifs is 5. The summed E-state index contributed by atoms with van der Waals surface area (Å²) in [7, 11) is 0. The number of benzene rings is 1. The summed E-state index contributed by atoms with van der Waals surface area (Å²) in [4.78, 5) is 26.7. The van der Waals surface area contributed by atoms with Crippen LogP contribution in [0.3, 0.4) is 0 Å². The quantitative estimate of drug-likeness (QED) is 0.823. The maximum Gasteiger partial charge on any atom is 0.260 e. The summed E-state index contributed by atoms with van der Waals surface area (Å²) in [6, 6.07) is 10.7. The second kappa shape index (κ2) is 6.33. The predicted octanol–water partition coefficient (Wildman–Crippen LogP) is 1.60. The summed E-state index contributed by atoms with van der Waals surface area (Å²) in [5.41, 5.74) is 1.08. The fourth-order valence-electron chi connectivity index (χ4n) is 4.30. The van der Waals surface area contributed by atoms with E-state index >= 15 is 0 Å². The molecule has 0 spiro atoms. The molecule has 3 aliphatic heterocycles. The molecule has 27 heavy (non-hydrogen) atoms. The molecular weight excluding hydrogens is 348 g/mol. The zero-order chi connectivity index (χ0) is 18.4. The lowest BCUT2D eigenvalue weighted by atomic mass is 9.83. The lowest BCUT2D eigenvalue weighted by molar-refractivity contribution is -0.136. The first-order valence-corrected chi connectivity index (χ1v) is 9.17. The molecule has 1 aromatic carbocycles. The summed E-state index contributed by atoms with van der Waals surface area (Å²) in [5.74, 6) is 2.39. The van der Waals surface area contributed by atoms with Crippen LogP contribution in [-0.2, 0) is 11.3 Å². The summed E-state index contributed by atoms with van der Waals surface area (Å²) >= 11 is 0. The van der Waals surface area contributed by atoms with Crippen LogP contribution in [0.15, 0.2) is 41.2 Å². The molecule has 0 N–H and O–H groups in total. The molecule has 1 fully saturated rings. The highest BCUT2D eigenvalue weighted by atomic mass is 16.7. The Morgan fingerprint density at radius 3 is 2.93 bits per heavy atom. The lowest BCUT2D eigenvalue weighted by Gasteiger charge is -2.42. The van der Waals surface area contributed by atoms with Gasteiger partial charge in [0.1, 0.15) is 5.75 Å². The predicted molar refractivity (Wildman–Crippen MR) is 96.2 cm³/mol. The number of carbonyl (C=O) groups excluding carboxylic acids is 1. The van der Waals surface area contributed by atoms with Crippen molar-refractivity contribution in [3.63, 3.8) is 0 Å². The highest BCUT2D eigenvalue weighted by molar-refractivity contribution is 5.78. The summed E-state index contributed by atoms with van der Waals surface area (Å²) < 4.78 is 18.1. The molecule has 0 unspecified atom stereocenters. The van der Waals surface area contributed by atoms with Crippen molar-refractivity contribution in [3.8, 4) is 17.2 Å². The smallest absolute Gasteiger partial charge is 0.260 e. The van der Waals surface area contributed by atoms with E-state index in [-0.39, 0.29) is 30.8 Å². The van der Waals surface area contributed by atoms with E-state index < -0.39 is 0 Å². The van der Waals surface area contributed by atoms with E-state index in [0.717, 1.165) is 12.1 Å². The average molecular weight is 368 g/mol. The normalized spacial score (nSPS) is 22.3. The van der Waals surface area contributed by atoms with E-state index in [0.29, 0.717) is 42.8 Å². The second-order valence-electron chi connectivity index (χ2n) is 7.30. The lowest BCUT2D eigenvalue weighted by Crippen LogP contribution is -2.50. The number of likely N-dealkylation sites (tertiary alicyclic amines) is 1. The Morgan fingerprint density at radius 1 is 1.11 bits per heavy atom. The summed E-state index contributed by atoms with van der Waals surface area (Å²) in [6.45, 7) is 2.17. The van der Waals surface area contributed by atoms with E-state index in [1.165, 1.54) is 0 Å². The summed E-state index contributed by atoms with van der Waals surface area (Å²) in [6.07, 6.45) is 1.02. The fourth-order valence-corrected chi connectivity index (χ4v) is 4.30. The van der Waals surface area contributed by atoms with Gasteiger partial charge in [0.25, 0.3) is 11.5 Å². The van der Waals surface area contributed by atoms with Crippen LogP contribution in [0.4, 0.5) is 0 Å². The van der Waals surface area contributed by atoms with Crippen LogP contribution in [0.1, 0.15) is 18.0 Å². The molecule has 7 nitrogen and oxygen atoms in total. The van der Waals surface area contributed by atoms with Gasteiger partial charge in [-0.25, -0.2) is 0 Å².